The van der Waals surface area contributed by atoms with Gasteiger partial charge in [0.1, 0.15) is 0 Å². The van der Waals surface area contributed by atoms with E-state index in [9.17, 15) is 8.42 Å². The first-order valence-electron chi connectivity index (χ1n) is 4.37. The number of nitrogens with zero attached hydrogens (tertiary/aromatic N) is 1. The lowest BCUT2D eigenvalue weighted by Gasteiger charge is -1.99. The highest BCUT2D eigenvalue weighted by Crippen LogP contribution is 2.05. The maximum atomic E-state index is 10.7. The molecule has 1 aromatic rings. The summed E-state index contributed by atoms with van der Waals surface area (Å²) in [5.74, 6) is -0.0625. The van der Waals surface area contributed by atoms with Crippen LogP contribution in [0.3, 0.4) is 0 Å². The first-order chi connectivity index (χ1) is 6.51. The molecule has 0 bridgehead atoms. The monoisotopic (exact) mass is 233 g/mol. The van der Waals surface area contributed by atoms with Crippen LogP contribution in [0.25, 0.3) is 0 Å². The molecule has 0 fully saturated rings. The van der Waals surface area contributed by atoms with Crippen LogP contribution in [0, 0.1) is 0 Å². The zero-order valence-corrected chi connectivity index (χ0v) is 9.48. The van der Waals surface area contributed by atoms with Crippen molar-refractivity contribution in [2.45, 2.75) is 19.8 Å². The van der Waals surface area contributed by atoms with Crippen LogP contribution in [0.5, 0.6) is 0 Å². The summed E-state index contributed by atoms with van der Waals surface area (Å²) in [6.45, 7) is 2.04. The van der Waals surface area contributed by atoms with Crippen LogP contribution in [-0.4, -0.2) is 19.2 Å². The van der Waals surface area contributed by atoms with Gasteiger partial charge in [-0.1, -0.05) is 13.0 Å². The van der Waals surface area contributed by atoms with E-state index in [0.29, 0.717) is 6.42 Å². The zero-order chi connectivity index (χ0) is 10.6. The molecule has 0 atom stereocenters. The Hall–Kier alpha value is -0.610. The number of hydrogen-bond acceptors (Lipinski definition) is 3. The van der Waals surface area contributed by atoms with Crippen molar-refractivity contribution in [1.29, 1.82) is 0 Å². The van der Waals surface area contributed by atoms with Gasteiger partial charge in [-0.05, 0) is 18.1 Å². The topological polar surface area (TPSA) is 47.0 Å². The van der Waals surface area contributed by atoms with E-state index in [1.54, 1.807) is 6.20 Å². The van der Waals surface area contributed by atoms with Crippen LogP contribution in [0.1, 0.15) is 18.2 Å². The summed E-state index contributed by atoms with van der Waals surface area (Å²) in [6, 6.07) is 3.78. The van der Waals surface area contributed by atoms with Crippen molar-refractivity contribution in [2.24, 2.45) is 0 Å². The summed E-state index contributed by atoms with van der Waals surface area (Å²) in [5.41, 5.74) is 1.90. The molecule has 0 aromatic carbocycles. The molecule has 3 nitrogen and oxygen atoms in total. The molecule has 78 valence electrons. The van der Waals surface area contributed by atoms with E-state index >= 15 is 0 Å². The molecular formula is C9H12ClNO2S. The summed E-state index contributed by atoms with van der Waals surface area (Å²) in [5, 5.41) is 0. The van der Waals surface area contributed by atoms with E-state index in [4.69, 9.17) is 10.7 Å². The molecule has 1 heterocycles. The minimum absolute atomic E-state index is 0.0625. The van der Waals surface area contributed by atoms with E-state index in [1.807, 2.05) is 19.1 Å². The van der Waals surface area contributed by atoms with Crippen molar-refractivity contribution in [3.05, 3.63) is 29.6 Å². The summed E-state index contributed by atoms with van der Waals surface area (Å²) in [4.78, 5) is 4.13. The third-order valence-corrected chi connectivity index (χ3v) is 3.05. The van der Waals surface area contributed by atoms with Crippen LogP contribution < -0.4 is 0 Å². The van der Waals surface area contributed by atoms with Crippen LogP contribution in [0.2, 0.25) is 0 Å². The normalized spacial score (nSPS) is 11.6. The molecule has 0 spiro atoms. The number of pyridine rings is 1. The van der Waals surface area contributed by atoms with Crippen molar-refractivity contribution in [3.63, 3.8) is 0 Å². The van der Waals surface area contributed by atoms with Crippen LogP contribution >= 0.6 is 10.7 Å². The summed E-state index contributed by atoms with van der Waals surface area (Å²) >= 11 is 0. The zero-order valence-electron chi connectivity index (χ0n) is 7.90. The Bertz CT molecular complexity index is 386. The average Bonchev–Trinajstić information content (AvgIpc) is 2.14. The van der Waals surface area contributed by atoms with Gasteiger partial charge in [-0.25, -0.2) is 8.42 Å². The molecule has 0 amide bonds. The fourth-order valence-electron chi connectivity index (χ4n) is 1.04. The Morgan fingerprint density at radius 2 is 2.14 bits per heavy atom. The predicted molar refractivity (Wildman–Crippen MR) is 57.0 cm³/mol. The Kier molecular flexibility index (Phi) is 3.89. The molecule has 0 saturated heterocycles. The van der Waals surface area contributed by atoms with Gasteiger partial charge in [0.05, 0.1) is 5.75 Å². The molecule has 1 rings (SSSR count). The van der Waals surface area contributed by atoms with Crippen molar-refractivity contribution in [3.8, 4) is 0 Å². The number of aromatic nitrogens is 1. The SMILES string of the molecule is CCc1ccc(CCS(=O)(=O)Cl)nc1. The average molecular weight is 234 g/mol. The van der Waals surface area contributed by atoms with Gasteiger partial charge in [0, 0.05) is 29.0 Å². The molecule has 0 unspecified atom stereocenters. The largest absolute Gasteiger partial charge is 0.261 e. The minimum Gasteiger partial charge on any atom is -0.261 e. The predicted octanol–water partition coefficient (Wildman–Crippen LogP) is 1.76. The number of hydrogen-bond donors (Lipinski definition) is 0. The summed E-state index contributed by atoms with van der Waals surface area (Å²) < 4.78 is 21.3. The Morgan fingerprint density at radius 1 is 1.43 bits per heavy atom. The lowest BCUT2D eigenvalue weighted by molar-refractivity contribution is 0.608. The Balaban J connectivity index is 2.61. The van der Waals surface area contributed by atoms with Gasteiger partial charge in [-0.3, -0.25) is 4.98 Å². The highest BCUT2D eigenvalue weighted by Gasteiger charge is 2.05. The van der Waals surface area contributed by atoms with Gasteiger partial charge in [0.2, 0.25) is 9.05 Å². The second kappa shape index (κ2) is 4.75. The molecule has 14 heavy (non-hydrogen) atoms. The lowest BCUT2D eigenvalue weighted by Crippen LogP contribution is -2.02. The van der Waals surface area contributed by atoms with E-state index in [2.05, 4.69) is 4.98 Å². The van der Waals surface area contributed by atoms with Crippen molar-refractivity contribution in [1.82, 2.24) is 4.98 Å². The smallest absolute Gasteiger partial charge is 0.232 e. The summed E-state index contributed by atoms with van der Waals surface area (Å²) in [7, 11) is 1.68. The molecule has 0 aliphatic rings. The standard InChI is InChI=1S/C9H12ClNO2S/c1-2-8-3-4-9(11-7-8)5-6-14(10,12)13/h3-4,7H,2,5-6H2,1H3. The fraction of sp³-hybridized carbons (Fsp3) is 0.444. The van der Waals surface area contributed by atoms with Crippen LogP contribution in [0.4, 0.5) is 0 Å². The maximum Gasteiger partial charge on any atom is 0.232 e. The Labute approximate surface area is 88.5 Å². The van der Waals surface area contributed by atoms with Gasteiger partial charge in [-0.15, -0.1) is 0 Å². The number of aryl methyl sites for hydroxylation is 2. The maximum absolute atomic E-state index is 10.7. The summed E-state index contributed by atoms with van der Waals surface area (Å²) in [6.07, 6.45) is 3.06. The lowest BCUT2D eigenvalue weighted by atomic mass is 10.2. The van der Waals surface area contributed by atoms with Crippen molar-refractivity contribution < 1.29 is 8.42 Å². The van der Waals surface area contributed by atoms with E-state index in [-0.39, 0.29) is 5.75 Å². The van der Waals surface area contributed by atoms with Gasteiger partial charge in [0.15, 0.2) is 0 Å². The van der Waals surface area contributed by atoms with E-state index in [0.717, 1.165) is 17.7 Å². The molecule has 0 aliphatic carbocycles. The first-order valence-corrected chi connectivity index (χ1v) is 6.85. The molecule has 0 saturated carbocycles. The number of rotatable bonds is 4. The molecule has 0 aliphatic heterocycles. The third kappa shape index (κ3) is 4.07. The third-order valence-electron chi connectivity index (χ3n) is 1.90. The molecular weight excluding hydrogens is 222 g/mol. The van der Waals surface area contributed by atoms with Crippen molar-refractivity contribution >= 4 is 19.7 Å². The number of halogens is 1. The van der Waals surface area contributed by atoms with Crippen LogP contribution in [0.15, 0.2) is 18.3 Å². The van der Waals surface area contributed by atoms with Gasteiger partial charge >= 0.3 is 0 Å². The second-order valence-corrected chi connectivity index (χ2v) is 5.90. The van der Waals surface area contributed by atoms with E-state index < -0.39 is 9.05 Å². The molecule has 5 heteroatoms. The van der Waals surface area contributed by atoms with Crippen LogP contribution in [-0.2, 0) is 21.9 Å². The molecule has 0 N–H and O–H groups in total. The highest BCUT2D eigenvalue weighted by molar-refractivity contribution is 8.13. The van der Waals surface area contributed by atoms with Gasteiger partial charge < -0.3 is 0 Å². The fourth-order valence-corrected chi connectivity index (χ4v) is 1.72. The van der Waals surface area contributed by atoms with Crippen molar-refractivity contribution in [2.75, 3.05) is 5.75 Å². The molecule has 0 radical (unpaired) electrons. The van der Waals surface area contributed by atoms with E-state index in [1.165, 1.54) is 0 Å². The van der Waals surface area contributed by atoms with Gasteiger partial charge in [0.25, 0.3) is 0 Å². The Morgan fingerprint density at radius 3 is 2.57 bits per heavy atom. The quantitative estimate of drug-likeness (QED) is 0.745. The molecule has 1 aromatic heterocycles. The second-order valence-electron chi connectivity index (χ2n) is 3.00. The van der Waals surface area contributed by atoms with Gasteiger partial charge in [-0.2, -0.15) is 0 Å². The first kappa shape index (κ1) is 11.5. The minimum atomic E-state index is -3.41. The highest BCUT2D eigenvalue weighted by atomic mass is 35.7.